The highest BCUT2D eigenvalue weighted by Crippen LogP contribution is 2.71. The van der Waals surface area contributed by atoms with Gasteiger partial charge < -0.3 is 109 Å². The molecule has 414 valence electrons. The van der Waals surface area contributed by atoms with Crippen molar-refractivity contribution in [3.8, 4) is 0 Å². The fourth-order valence-electron chi connectivity index (χ4n) is 15.9. The molecule has 6 heterocycles. The number of ether oxygens (including phenoxy) is 10. The predicted molar refractivity (Wildman–Crippen MR) is 242 cm³/mol. The quantitative estimate of drug-likeness (QED) is 0.0971. The molecule has 72 heavy (non-hydrogen) atoms. The summed E-state index contributed by atoms with van der Waals surface area (Å²) in [5.74, 6) is 3.10. The molecule has 0 bridgehead atoms. The van der Waals surface area contributed by atoms with Crippen molar-refractivity contribution in [1.82, 2.24) is 0 Å². The Morgan fingerprint density at radius 3 is 1.72 bits per heavy atom. The summed E-state index contributed by atoms with van der Waals surface area (Å²) in [6.07, 6.45) is -22.6. The molecular formula is C50H82O22. The molecule has 4 aliphatic carbocycles. The van der Waals surface area contributed by atoms with Crippen molar-refractivity contribution in [3.05, 3.63) is 0 Å². The van der Waals surface area contributed by atoms with Gasteiger partial charge in [0, 0.05) is 12.3 Å². The molecule has 10 aliphatic rings. The van der Waals surface area contributed by atoms with Crippen molar-refractivity contribution >= 4 is 0 Å². The molecular weight excluding hydrogens is 953 g/mol. The highest BCUT2D eigenvalue weighted by Gasteiger charge is 2.69. The Bertz CT molecular complexity index is 1830. The van der Waals surface area contributed by atoms with Gasteiger partial charge in [-0.1, -0.05) is 27.7 Å². The molecule has 0 aromatic heterocycles. The van der Waals surface area contributed by atoms with Crippen LogP contribution >= 0.6 is 0 Å². The van der Waals surface area contributed by atoms with Gasteiger partial charge in [-0.3, -0.25) is 0 Å². The van der Waals surface area contributed by atoms with E-state index in [1.54, 1.807) is 0 Å². The molecule has 10 rings (SSSR count). The van der Waals surface area contributed by atoms with Crippen LogP contribution in [0.3, 0.4) is 0 Å². The Labute approximate surface area is 419 Å². The van der Waals surface area contributed by atoms with E-state index in [1.165, 1.54) is 12.8 Å². The van der Waals surface area contributed by atoms with E-state index >= 15 is 0 Å². The number of fused-ring (bicyclic) bond motifs is 7. The molecule has 1 spiro atoms. The average Bonchev–Trinajstić information content (AvgIpc) is 3.82. The second-order valence-corrected chi connectivity index (χ2v) is 23.9. The van der Waals surface area contributed by atoms with Gasteiger partial charge in [0.05, 0.1) is 45.2 Å². The zero-order chi connectivity index (χ0) is 51.3. The number of hydrogen-bond donors (Lipinski definition) is 12. The van der Waals surface area contributed by atoms with E-state index in [9.17, 15) is 61.3 Å². The second kappa shape index (κ2) is 21.1. The lowest BCUT2D eigenvalue weighted by Gasteiger charge is -2.61. The molecule has 22 heteroatoms. The van der Waals surface area contributed by atoms with Crippen LogP contribution in [-0.4, -0.2) is 229 Å². The topological polar surface area (TPSA) is 335 Å². The minimum absolute atomic E-state index is 0.0993. The van der Waals surface area contributed by atoms with Crippen molar-refractivity contribution in [2.24, 2.45) is 52.3 Å². The van der Waals surface area contributed by atoms with Crippen LogP contribution in [0.1, 0.15) is 91.9 Å². The van der Waals surface area contributed by atoms with Crippen LogP contribution in [0.2, 0.25) is 0 Å². The average molecular weight is 1040 g/mol. The number of rotatable bonds is 11. The first kappa shape index (κ1) is 54.5. The Kier molecular flexibility index (Phi) is 15.9. The standard InChI is InChI=1S/C50H82O22/c1-20-7-12-50(64-18-20)21(2)32-28(72-50)14-26-24-6-5-22-13-23(8-10-48(22,3)25(24)9-11-49(26,32)4)65-45-40(62)38(60)41(31(17-53)68-45)69-46-43(37(59)35(57)29(15-51)66-46)71-47-42(36(58)34(56)30(16-52)67-47)70-44-39(61)33(55)27(54)19-63-44/h20-47,51-62H,5-19H2,1-4H3. The maximum atomic E-state index is 11.7. The van der Waals surface area contributed by atoms with Crippen LogP contribution < -0.4 is 0 Å². The summed E-state index contributed by atoms with van der Waals surface area (Å²) < 4.78 is 61.0. The third kappa shape index (κ3) is 9.26. The van der Waals surface area contributed by atoms with Crippen molar-refractivity contribution in [2.45, 2.75) is 227 Å². The fourth-order valence-corrected chi connectivity index (χ4v) is 15.9. The van der Waals surface area contributed by atoms with Crippen molar-refractivity contribution in [3.63, 3.8) is 0 Å². The van der Waals surface area contributed by atoms with E-state index in [-0.39, 0.29) is 23.0 Å². The van der Waals surface area contributed by atoms with Gasteiger partial charge in [0.2, 0.25) is 0 Å². The molecule has 0 aromatic rings. The Morgan fingerprint density at radius 1 is 0.514 bits per heavy atom. The van der Waals surface area contributed by atoms with Crippen LogP contribution in [0.5, 0.6) is 0 Å². The van der Waals surface area contributed by atoms with Crippen molar-refractivity contribution in [1.29, 1.82) is 0 Å². The van der Waals surface area contributed by atoms with Gasteiger partial charge >= 0.3 is 0 Å². The smallest absolute Gasteiger partial charge is 0.187 e. The fraction of sp³-hybridized carbons (Fsp3) is 1.00. The van der Waals surface area contributed by atoms with Crippen LogP contribution in [0.4, 0.5) is 0 Å². The molecule has 0 amide bonds. The van der Waals surface area contributed by atoms with E-state index in [4.69, 9.17) is 47.4 Å². The van der Waals surface area contributed by atoms with Crippen LogP contribution in [0.15, 0.2) is 0 Å². The third-order valence-corrected chi connectivity index (χ3v) is 20.0. The summed E-state index contributed by atoms with van der Waals surface area (Å²) in [5, 5.41) is 129. The first-order chi connectivity index (χ1) is 34.3. The molecule has 0 radical (unpaired) electrons. The molecule has 12 N–H and O–H groups in total. The zero-order valence-electron chi connectivity index (χ0n) is 41.7. The third-order valence-electron chi connectivity index (χ3n) is 20.0. The molecule has 10 fully saturated rings. The Balaban J connectivity index is 0.791. The Hall–Kier alpha value is -0.880. The molecule has 6 aliphatic heterocycles. The van der Waals surface area contributed by atoms with Gasteiger partial charge in [0.25, 0.3) is 0 Å². The first-order valence-corrected chi connectivity index (χ1v) is 26.7. The number of hydrogen-bond acceptors (Lipinski definition) is 22. The lowest BCUT2D eigenvalue weighted by Crippen LogP contribution is -2.68. The summed E-state index contributed by atoms with van der Waals surface area (Å²) in [6, 6.07) is 0. The van der Waals surface area contributed by atoms with Gasteiger partial charge in [-0.15, -0.1) is 0 Å². The zero-order valence-corrected chi connectivity index (χ0v) is 41.7. The van der Waals surface area contributed by atoms with Gasteiger partial charge in [0.15, 0.2) is 30.9 Å². The normalized spacial score (nSPS) is 57.8. The summed E-state index contributed by atoms with van der Waals surface area (Å²) in [4.78, 5) is 0. The molecule has 22 nitrogen and oxygen atoms in total. The van der Waals surface area contributed by atoms with Gasteiger partial charge in [-0.25, -0.2) is 0 Å². The lowest BCUT2D eigenvalue weighted by molar-refractivity contribution is -0.401. The second-order valence-electron chi connectivity index (χ2n) is 23.9. The largest absolute Gasteiger partial charge is 0.394 e. The Morgan fingerprint density at radius 2 is 1.10 bits per heavy atom. The molecule has 31 unspecified atom stereocenters. The number of aliphatic hydroxyl groups is 12. The molecule has 0 aromatic carbocycles. The van der Waals surface area contributed by atoms with E-state index in [0.717, 1.165) is 51.6 Å². The van der Waals surface area contributed by atoms with Crippen molar-refractivity contribution < 1.29 is 109 Å². The lowest BCUT2D eigenvalue weighted by atomic mass is 9.44. The van der Waals surface area contributed by atoms with Gasteiger partial charge in [-0.2, -0.15) is 0 Å². The van der Waals surface area contributed by atoms with E-state index in [1.807, 2.05) is 0 Å². The molecule has 4 saturated carbocycles. The minimum Gasteiger partial charge on any atom is -0.394 e. The van der Waals surface area contributed by atoms with E-state index in [2.05, 4.69) is 27.7 Å². The van der Waals surface area contributed by atoms with Crippen LogP contribution in [-0.2, 0) is 47.4 Å². The maximum absolute atomic E-state index is 11.7. The number of aliphatic hydroxyl groups excluding tert-OH is 12. The van der Waals surface area contributed by atoms with Crippen LogP contribution in [0, 0.1) is 52.3 Å². The predicted octanol–water partition coefficient (Wildman–Crippen LogP) is -2.27. The van der Waals surface area contributed by atoms with Gasteiger partial charge in [0.1, 0.15) is 91.6 Å². The highest BCUT2D eigenvalue weighted by atomic mass is 16.8. The summed E-state index contributed by atoms with van der Waals surface area (Å²) in [6.45, 7) is 7.48. The van der Waals surface area contributed by atoms with Crippen LogP contribution in [0.25, 0.3) is 0 Å². The molecule has 6 saturated heterocycles. The minimum atomic E-state index is -1.97. The highest BCUT2D eigenvalue weighted by molar-refractivity contribution is 5.15. The monoisotopic (exact) mass is 1030 g/mol. The van der Waals surface area contributed by atoms with Gasteiger partial charge in [-0.05, 0) is 104 Å². The SMILES string of the molecule is CC1CCC2(OC1)OC1CC3C4CCC5CC(OC6OC(CO)C(OC7OC(CO)C(O)C(O)C7OC7OC(CO)C(O)C(O)C7OC7OCC(O)C(O)C7O)C(O)C6O)CCC5(C)C4CCC3(C)C1C2C. The first-order valence-electron chi connectivity index (χ1n) is 26.7. The van der Waals surface area contributed by atoms with Crippen molar-refractivity contribution in [2.75, 3.05) is 33.0 Å². The van der Waals surface area contributed by atoms with E-state index < -0.39 is 149 Å². The maximum Gasteiger partial charge on any atom is 0.187 e. The summed E-state index contributed by atoms with van der Waals surface area (Å²) in [7, 11) is 0. The summed E-state index contributed by atoms with van der Waals surface area (Å²) >= 11 is 0. The van der Waals surface area contributed by atoms with E-state index in [0.29, 0.717) is 47.8 Å². The molecule has 31 atom stereocenters. The summed E-state index contributed by atoms with van der Waals surface area (Å²) in [5.41, 5.74) is 0.305.